The highest BCUT2D eigenvalue weighted by molar-refractivity contribution is 5.37. The van der Waals surface area contributed by atoms with Crippen molar-refractivity contribution in [2.75, 3.05) is 33.4 Å². The molecule has 1 aromatic rings. The lowest BCUT2D eigenvalue weighted by atomic mass is 10.1. The topological polar surface area (TPSA) is 41.9 Å². The maximum Gasteiger partial charge on any atom is 0.123 e. The van der Waals surface area contributed by atoms with Gasteiger partial charge in [0.25, 0.3) is 0 Å². The van der Waals surface area contributed by atoms with Crippen LogP contribution in [-0.4, -0.2) is 43.4 Å². The highest BCUT2D eigenvalue weighted by Crippen LogP contribution is 2.22. The minimum atomic E-state index is 0.0695. The van der Waals surface area contributed by atoms with Crippen molar-refractivity contribution in [3.05, 3.63) is 29.3 Å². The van der Waals surface area contributed by atoms with Crippen LogP contribution in [0, 0.1) is 0 Å². The summed E-state index contributed by atoms with van der Waals surface area (Å²) < 4.78 is 10.7. The molecule has 0 saturated carbocycles. The van der Waals surface area contributed by atoms with Crippen molar-refractivity contribution in [2.45, 2.75) is 13.2 Å². The Morgan fingerprint density at radius 1 is 1.35 bits per heavy atom. The van der Waals surface area contributed by atoms with Gasteiger partial charge in [0.15, 0.2) is 0 Å². The van der Waals surface area contributed by atoms with E-state index in [0.717, 1.165) is 49.7 Å². The quantitative estimate of drug-likeness (QED) is 0.849. The molecular formula is C13H19NO3. The first kappa shape index (κ1) is 12.4. The SMILES string of the molecule is COc1ccc(CO)cc1CN1CCOCC1. The second-order valence-electron chi connectivity index (χ2n) is 4.19. The van der Waals surface area contributed by atoms with Crippen LogP contribution in [0.5, 0.6) is 5.75 Å². The molecule has 0 atom stereocenters. The zero-order valence-electron chi connectivity index (χ0n) is 10.2. The van der Waals surface area contributed by atoms with E-state index in [4.69, 9.17) is 14.6 Å². The van der Waals surface area contributed by atoms with Gasteiger partial charge in [-0.3, -0.25) is 4.90 Å². The van der Waals surface area contributed by atoms with Gasteiger partial charge in [0.2, 0.25) is 0 Å². The molecule has 1 heterocycles. The summed E-state index contributed by atoms with van der Waals surface area (Å²) in [5.41, 5.74) is 2.05. The van der Waals surface area contributed by atoms with Crippen LogP contribution >= 0.6 is 0 Å². The molecule has 1 aromatic carbocycles. The van der Waals surface area contributed by atoms with Gasteiger partial charge in [0.1, 0.15) is 5.75 Å². The number of morpholine rings is 1. The smallest absolute Gasteiger partial charge is 0.123 e. The van der Waals surface area contributed by atoms with Crippen molar-refractivity contribution in [1.82, 2.24) is 4.90 Å². The first-order valence-corrected chi connectivity index (χ1v) is 5.90. The van der Waals surface area contributed by atoms with E-state index in [1.54, 1.807) is 7.11 Å². The average Bonchev–Trinajstić information content (AvgIpc) is 2.40. The van der Waals surface area contributed by atoms with E-state index < -0.39 is 0 Å². The average molecular weight is 237 g/mol. The van der Waals surface area contributed by atoms with E-state index in [1.165, 1.54) is 0 Å². The van der Waals surface area contributed by atoms with Crippen LogP contribution in [0.3, 0.4) is 0 Å². The van der Waals surface area contributed by atoms with Crippen LogP contribution in [-0.2, 0) is 17.9 Å². The van der Waals surface area contributed by atoms with Gasteiger partial charge in [0, 0.05) is 25.2 Å². The summed E-state index contributed by atoms with van der Waals surface area (Å²) in [7, 11) is 1.68. The molecule has 0 aromatic heterocycles. The lowest BCUT2D eigenvalue weighted by Crippen LogP contribution is -2.35. The Hall–Kier alpha value is -1.10. The van der Waals surface area contributed by atoms with Crippen molar-refractivity contribution in [3.8, 4) is 5.75 Å². The fraction of sp³-hybridized carbons (Fsp3) is 0.538. The number of benzene rings is 1. The van der Waals surface area contributed by atoms with E-state index in [2.05, 4.69) is 4.90 Å². The molecule has 1 aliphatic rings. The highest BCUT2D eigenvalue weighted by Gasteiger charge is 2.13. The van der Waals surface area contributed by atoms with Gasteiger partial charge in [-0.2, -0.15) is 0 Å². The molecule has 1 N–H and O–H groups in total. The molecule has 0 bridgehead atoms. The summed E-state index contributed by atoms with van der Waals surface area (Å²) in [6.45, 7) is 4.41. The van der Waals surface area contributed by atoms with Gasteiger partial charge in [-0.1, -0.05) is 6.07 Å². The number of methoxy groups -OCH3 is 1. The van der Waals surface area contributed by atoms with Crippen LogP contribution in [0.15, 0.2) is 18.2 Å². The number of aliphatic hydroxyl groups is 1. The molecule has 1 saturated heterocycles. The molecule has 0 amide bonds. The second kappa shape index (κ2) is 6.00. The van der Waals surface area contributed by atoms with Crippen molar-refractivity contribution in [1.29, 1.82) is 0 Å². The van der Waals surface area contributed by atoms with E-state index in [-0.39, 0.29) is 6.61 Å². The van der Waals surface area contributed by atoms with Gasteiger partial charge in [-0.25, -0.2) is 0 Å². The second-order valence-corrected chi connectivity index (χ2v) is 4.19. The van der Waals surface area contributed by atoms with Crippen molar-refractivity contribution in [3.63, 3.8) is 0 Å². The predicted molar refractivity (Wildman–Crippen MR) is 65.0 cm³/mol. The standard InChI is InChI=1S/C13H19NO3/c1-16-13-3-2-11(10-15)8-12(13)9-14-4-6-17-7-5-14/h2-3,8,15H,4-7,9-10H2,1H3. The lowest BCUT2D eigenvalue weighted by Gasteiger charge is -2.27. The minimum Gasteiger partial charge on any atom is -0.496 e. The van der Waals surface area contributed by atoms with E-state index >= 15 is 0 Å². The Kier molecular flexibility index (Phi) is 4.36. The first-order valence-electron chi connectivity index (χ1n) is 5.90. The Bertz CT molecular complexity index is 362. The largest absolute Gasteiger partial charge is 0.496 e. The number of rotatable bonds is 4. The summed E-state index contributed by atoms with van der Waals surface area (Å²) in [5.74, 6) is 0.883. The molecule has 17 heavy (non-hydrogen) atoms. The van der Waals surface area contributed by atoms with Gasteiger partial charge in [0.05, 0.1) is 26.9 Å². The summed E-state index contributed by atoms with van der Waals surface area (Å²) in [6, 6.07) is 5.82. The van der Waals surface area contributed by atoms with Crippen molar-refractivity contribution in [2.24, 2.45) is 0 Å². The monoisotopic (exact) mass is 237 g/mol. The maximum absolute atomic E-state index is 9.16. The first-order chi connectivity index (χ1) is 8.33. The van der Waals surface area contributed by atoms with Crippen LogP contribution in [0.4, 0.5) is 0 Å². The number of ether oxygens (including phenoxy) is 2. The Morgan fingerprint density at radius 3 is 2.76 bits per heavy atom. The highest BCUT2D eigenvalue weighted by atomic mass is 16.5. The van der Waals surface area contributed by atoms with Crippen LogP contribution in [0.2, 0.25) is 0 Å². The molecule has 0 unspecified atom stereocenters. The zero-order chi connectivity index (χ0) is 12.1. The third-order valence-electron chi connectivity index (χ3n) is 3.03. The third kappa shape index (κ3) is 3.19. The molecule has 94 valence electrons. The van der Waals surface area contributed by atoms with Crippen LogP contribution in [0.25, 0.3) is 0 Å². The Morgan fingerprint density at radius 2 is 2.12 bits per heavy atom. The van der Waals surface area contributed by atoms with Crippen molar-refractivity contribution >= 4 is 0 Å². The fourth-order valence-electron chi connectivity index (χ4n) is 2.05. The van der Waals surface area contributed by atoms with Crippen LogP contribution in [0.1, 0.15) is 11.1 Å². The molecule has 4 heteroatoms. The maximum atomic E-state index is 9.16. The molecule has 0 aliphatic carbocycles. The minimum absolute atomic E-state index is 0.0695. The number of nitrogens with zero attached hydrogens (tertiary/aromatic N) is 1. The van der Waals surface area contributed by atoms with E-state index in [1.807, 2.05) is 18.2 Å². The molecule has 1 aliphatic heterocycles. The molecule has 0 spiro atoms. The summed E-state index contributed by atoms with van der Waals surface area (Å²) in [6.07, 6.45) is 0. The Labute approximate surface area is 102 Å². The van der Waals surface area contributed by atoms with Gasteiger partial charge in [-0.15, -0.1) is 0 Å². The third-order valence-corrected chi connectivity index (χ3v) is 3.03. The van der Waals surface area contributed by atoms with Crippen molar-refractivity contribution < 1.29 is 14.6 Å². The van der Waals surface area contributed by atoms with Gasteiger partial charge >= 0.3 is 0 Å². The normalized spacial score (nSPS) is 17.1. The lowest BCUT2D eigenvalue weighted by molar-refractivity contribution is 0.0338. The van der Waals surface area contributed by atoms with Gasteiger partial charge < -0.3 is 14.6 Å². The fourth-order valence-corrected chi connectivity index (χ4v) is 2.05. The molecule has 1 fully saturated rings. The number of hydrogen-bond acceptors (Lipinski definition) is 4. The molecule has 0 radical (unpaired) electrons. The molecule has 4 nitrogen and oxygen atoms in total. The van der Waals surface area contributed by atoms with E-state index in [0.29, 0.717) is 0 Å². The molecular weight excluding hydrogens is 218 g/mol. The number of hydrogen-bond donors (Lipinski definition) is 1. The van der Waals surface area contributed by atoms with E-state index in [9.17, 15) is 0 Å². The number of aliphatic hydroxyl groups excluding tert-OH is 1. The predicted octanol–water partition coefficient (Wildman–Crippen LogP) is 1.02. The molecule has 2 rings (SSSR count). The zero-order valence-corrected chi connectivity index (χ0v) is 10.2. The summed E-state index contributed by atoms with van der Waals surface area (Å²) >= 11 is 0. The van der Waals surface area contributed by atoms with Crippen LogP contribution < -0.4 is 4.74 Å². The Balaban J connectivity index is 2.11. The summed E-state index contributed by atoms with van der Waals surface area (Å²) in [4.78, 5) is 2.34. The van der Waals surface area contributed by atoms with Gasteiger partial charge in [-0.05, 0) is 17.7 Å². The summed E-state index contributed by atoms with van der Waals surface area (Å²) in [5, 5.41) is 9.16.